The van der Waals surface area contributed by atoms with Crippen molar-refractivity contribution < 1.29 is 42.3 Å². The zero-order chi connectivity index (χ0) is 9.19. The van der Waals surface area contributed by atoms with Crippen LogP contribution >= 0.6 is 0 Å². The van der Waals surface area contributed by atoms with Crippen LogP contribution in [0.25, 0.3) is 5.32 Å². The second kappa shape index (κ2) is 5.21. The first-order valence-corrected chi connectivity index (χ1v) is 4.10. The number of carbonyl (C=O) groups excluding carboxylic acids is 2. The summed E-state index contributed by atoms with van der Waals surface area (Å²) >= 11 is 0. The summed E-state index contributed by atoms with van der Waals surface area (Å²) in [5, 5.41) is 3.62. The van der Waals surface area contributed by atoms with Gasteiger partial charge < -0.3 is 17.0 Å². The molecule has 0 spiro atoms. The van der Waals surface area contributed by atoms with Gasteiger partial charge in [-0.1, -0.05) is 0 Å². The summed E-state index contributed by atoms with van der Waals surface area (Å²) in [4.78, 5) is 22.4. The molecule has 1 unspecified atom stereocenters. The van der Waals surface area contributed by atoms with Gasteiger partial charge in [0.1, 0.15) is 5.78 Å². The molecule has 13 heavy (non-hydrogen) atoms. The molecule has 1 aliphatic carbocycles. The van der Waals surface area contributed by atoms with Gasteiger partial charge in [0.2, 0.25) is 0 Å². The Balaban J connectivity index is 0.00000144. The number of ketones is 1. The van der Waals surface area contributed by atoms with E-state index in [-0.39, 0.29) is 44.4 Å². The fourth-order valence-electron chi connectivity index (χ4n) is 1.67. The molecule has 0 heterocycles. The molecule has 0 bridgehead atoms. The van der Waals surface area contributed by atoms with Gasteiger partial charge in [0, 0.05) is 45.6 Å². The van der Waals surface area contributed by atoms with Gasteiger partial charge in [-0.05, 0) is 11.8 Å². The zero-order valence-electron chi connectivity index (χ0n) is 7.88. The van der Waals surface area contributed by atoms with E-state index in [0.29, 0.717) is 25.7 Å². The third-order valence-corrected chi connectivity index (χ3v) is 2.55. The van der Waals surface area contributed by atoms with Crippen LogP contribution in [0.2, 0.25) is 0 Å². The van der Waals surface area contributed by atoms with Crippen LogP contribution in [0.4, 0.5) is 0 Å². The molecule has 1 saturated carbocycles. The van der Waals surface area contributed by atoms with Crippen molar-refractivity contribution in [2.75, 3.05) is 7.05 Å². The maximum Gasteiger partial charge on any atom is 0.133 e. The van der Waals surface area contributed by atoms with E-state index in [1.807, 2.05) is 0 Å². The van der Waals surface area contributed by atoms with Crippen molar-refractivity contribution in [3.05, 3.63) is 12.2 Å². The Kier molecular flexibility index (Phi) is 5.30. The van der Waals surface area contributed by atoms with Gasteiger partial charge in [-0.25, -0.2) is 0 Å². The Labute approximate surface area is 104 Å². The molecule has 1 aliphatic rings. The van der Waals surface area contributed by atoms with Gasteiger partial charge in [0.25, 0.3) is 0 Å². The summed E-state index contributed by atoms with van der Waals surface area (Å²) in [7, 11) is 1.47. The molecule has 71 valence electrons. The Morgan fingerprint density at radius 3 is 2.62 bits per heavy atom. The summed E-state index contributed by atoms with van der Waals surface area (Å²) < 4.78 is 0. The quantitative estimate of drug-likeness (QED) is 0.702. The molecular formula is C9H13NO2Y-2. The van der Waals surface area contributed by atoms with Gasteiger partial charge >= 0.3 is 0 Å². The summed E-state index contributed by atoms with van der Waals surface area (Å²) in [5.74, 6) is -0.000926. The number of nitrogens with zero attached hydrogens (tertiary/aromatic N) is 1. The van der Waals surface area contributed by atoms with Crippen LogP contribution in [-0.4, -0.2) is 18.7 Å². The molecule has 1 rings (SSSR count). The molecule has 0 saturated heterocycles. The summed E-state index contributed by atoms with van der Waals surface area (Å²) in [5.41, 5.74) is -0.550. The topological polar surface area (TPSA) is 48.2 Å². The molecule has 1 atom stereocenters. The zero-order valence-corrected chi connectivity index (χ0v) is 10.7. The van der Waals surface area contributed by atoms with E-state index in [9.17, 15) is 9.59 Å². The predicted molar refractivity (Wildman–Crippen MR) is 45.6 cm³/mol. The van der Waals surface area contributed by atoms with Gasteiger partial charge in [-0.15, -0.1) is 7.05 Å². The van der Waals surface area contributed by atoms with Gasteiger partial charge in [0.05, 0.1) is 5.91 Å². The Morgan fingerprint density at radius 1 is 1.69 bits per heavy atom. The molecule has 0 aromatic rings. The van der Waals surface area contributed by atoms with Crippen LogP contribution in [0.1, 0.15) is 25.7 Å². The summed E-state index contributed by atoms with van der Waals surface area (Å²) in [6.07, 6.45) is 1.96. The predicted octanol–water partition coefficient (Wildman–Crippen LogP) is 1.48. The Morgan fingerprint density at radius 2 is 2.31 bits per heavy atom. The number of hydrogen-bond acceptors (Lipinski definition) is 2. The van der Waals surface area contributed by atoms with Crippen LogP contribution in [0, 0.1) is 12.3 Å². The molecule has 4 heteroatoms. The van der Waals surface area contributed by atoms with E-state index in [4.69, 9.17) is 0 Å². The molecule has 3 nitrogen and oxygen atoms in total. The van der Waals surface area contributed by atoms with Crippen molar-refractivity contribution in [1.29, 1.82) is 0 Å². The number of amides is 1. The SMILES string of the molecule is [CH2-]CC1(C(=O)[N-]C)CCC(=O)C1.[Y]. The second-order valence-electron chi connectivity index (χ2n) is 3.27. The maximum absolute atomic E-state index is 11.4. The van der Waals surface area contributed by atoms with Crippen LogP contribution in [0.15, 0.2) is 0 Å². The second-order valence-corrected chi connectivity index (χ2v) is 3.27. The van der Waals surface area contributed by atoms with E-state index in [1.54, 1.807) is 0 Å². The number of rotatable bonds is 2. The van der Waals surface area contributed by atoms with Crippen molar-refractivity contribution >= 4 is 11.7 Å². The van der Waals surface area contributed by atoms with Crippen molar-refractivity contribution in [2.24, 2.45) is 5.41 Å². The van der Waals surface area contributed by atoms with Crippen molar-refractivity contribution in [1.82, 2.24) is 0 Å². The first-order chi connectivity index (χ1) is 5.64. The average Bonchev–Trinajstić information content (AvgIpc) is 2.47. The fraction of sp³-hybridized carbons (Fsp3) is 0.667. The number of hydrogen-bond donors (Lipinski definition) is 0. The molecule has 0 N–H and O–H groups in total. The maximum atomic E-state index is 11.4. The van der Waals surface area contributed by atoms with Crippen molar-refractivity contribution in [2.45, 2.75) is 25.7 Å². The molecule has 1 amide bonds. The third-order valence-electron chi connectivity index (χ3n) is 2.55. The smallest absolute Gasteiger partial charge is 0.133 e. The molecule has 0 aromatic carbocycles. The molecular weight excluding hydrogens is 243 g/mol. The average molecular weight is 256 g/mol. The minimum absolute atomic E-state index is 0. The van der Waals surface area contributed by atoms with E-state index < -0.39 is 5.41 Å². The van der Waals surface area contributed by atoms with Crippen molar-refractivity contribution in [3.63, 3.8) is 0 Å². The van der Waals surface area contributed by atoms with Gasteiger partial charge in [0.15, 0.2) is 0 Å². The molecule has 1 fully saturated rings. The standard InChI is InChI=1S/C9H14NO2.Y/c1-3-9(8(12)10-2)5-4-7(11)6-9;/h1,3-6H2,2H3,(H,10,12);/q-1;/p-1. The molecule has 0 aliphatic heterocycles. The Hall–Kier alpha value is 0.244. The first kappa shape index (κ1) is 13.2. The summed E-state index contributed by atoms with van der Waals surface area (Å²) in [6, 6.07) is 0. The van der Waals surface area contributed by atoms with Crippen LogP contribution < -0.4 is 0 Å². The van der Waals surface area contributed by atoms with Crippen LogP contribution in [-0.2, 0) is 42.3 Å². The van der Waals surface area contributed by atoms with Crippen LogP contribution in [0.3, 0.4) is 0 Å². The third kappa shape index (κ3) is 2.60. The molecule has 1 radical (unpaired) electrons. The number of carbonyl (C=O) groups is 2. The van der Waals surface area contributed by atoms with Crippen LogP contribution in [0.5, 0.6) is 0 Å². The van der Waals surface area contributed by atoms with E-state index in [2.05, 4.69) is 12.2 Å². The fourth-order valence-corrected chi connectivity index (χ4v) is 1.67. The van der Waals surface area contributed by atoms with E-state index >= 15 is 0 Å². The van der Waals surface area contributed by atoms with Gasteiger partial charge in [-0.2, -0.15) is 6.42 Å². The van der Waals surface area contributed by atoms with Crippen molar-refractivity contribution in [3.8, 4) is 0 Å². The normalized spacial score (nSPS) is 26.8. The first-order valence-electron chi connectivity index (χ1n) is 4.10. The van der Waals surface area contributed by atoms with E-state index in [0.717, 1.165) is 0 Å². The molecule has 0 aromatic heterocycles. The monoisotopic (exact) mass is 256 g/mol. The minimum atomic E-state index is -0.550. The minimum Gasteiger partial charge on any atom is -0.656 e. The largest absolute Gasteiger partial charge is 0.656 e. The number of Topliss-reactive ketones (excluding diaryl/α,β-unsaturated/α-hetero) is 1. The van der Waals surface area contributed by atoms with Gasteiger partial charge in [-0.3, -0.25) is 4.79 Å². The Bertz CT molecular complexity index is 218. The summed E-state index contributed by atoms with van der Waals surface area (Å²) in [6.45, 7) is 3.71. The van der Waals surface area contributed by atoms with E-state index in [1.165, 1.54) is 7.05 Å².